The van der Waals surface area contributed by atoms with E-state index >= 15 is 0 Å². The molecule has 8 heteroatoms. The molecular formula is C20H16N4O3S. The zero-order chi connectivity index (χ0) is 19.1. The second kappa shape index (κ2) is 6.65. The number of aromatic amines is 1. The van der Waals surface area contributed by atoms with Gasteiger partial charge in [-0.25, -0.2) is 4.98 Å². The number of amides is 2. The van der Waals surface area contributed by atoms with Gasteiger partial charge in [-0.2, -0.15) is 0 Å². The summed E-state index contributed by atoms with van der Waals surface area (Å²) in [6, 6.07) is 11.3. The molecule has 1 aliphatic heterocycles. The third-order valence-corrected chi connectivity index (χ3v) is 5.62. The lowest BCUT2D eigenvalue weighted by molar-refractivity contribution is -0.123. The molecular weight excluding hydrogens is 376 g/mol. The molecule has 1 saturated heterocycles. The Bertz CT molecular complexity index is 1160. The maximum atomic E-state index is 12.7. The fourth-order valence-corrected chi connectivity index (χ4v) is 4.01. The molecule has 4 aromatic rings. The van der Waals surface area contributed by atoms with Crippen LogP contribution in [-0.4, -0.2) is 39.8 Å². The number of aromatic nitrogens is 2. The lowest BCUT2D eigenvalue weighted by Gasteiger charge is -2.37. The predicted molar refractivity (Wildman–Crippen MR) is 106 cm³/mol. The van der Waals surface area contributed by atoms with Crippen molar-refractivity contribution in [3.05, 3.63) is 59.8 Å². The normalized spacial score (nSPS) is 14.2. The van der Waals surface area contributed by atoms with Crippen LogP contribution in [0.3, 0.4) is 0 Å². The molecule has 1 aromatic carbocycles. The highest BCUT2D eigenvalue weighted by Gasteiger charge is 2.37. The largest absolute Gasteiger partial charge is 0.463 e. The molecule has 2 amide bonds. The lowest BCUT2D eigenvalue weighted by atomic mass is 9.98. The van der Waals surface area contributed by atoms with Gasteiger partial charge in [0.2, 0.25) is 5.91 Å². The van der Waals surface area contributed by atoms with E-state index in [9.17, 15) is 9.59 Å². The van der Waals surface area contributed by atoms with E-state index in [4.69, 9.17) is 4.42 Å². The number of furan rings is 1. The highest BCUT2D eigenvalue weighted by atomic mass is 32.1. The third kappa shape index (κ3) is 2.87. The van der Waals surface area contributed by atoms with Gasteiger partial charge in [0.15, 0.2) is 10.9 Å². The number of hydrogen-bond acceptors (Lipinski definition) is 5. The third-order valence-electron chi connectivity index (χ3n) is 4.87. The van der Waals surface area contributed by atoms with Crippen molar-refractivity contribution in [3.63, 3.8) is 0 Å². The molecule has 28 heavy (non-hydrogen) atoms. The van der Waals surface area contributed by atoms with Crippen LogP contribution in [0.2, 0.25) is 0 Å². The highest BCUT2D eigenvalue weighted by Crippen LogP contribution is 2.27. The van der Waals surface area contributed by atoms with Gasteiger partial charge in [-0.3, -0.25) is 9.59 Å². The minimum atomic E-state index is -0.231. The number of nitrogens with zero attached hydrogens (tertiary/aromatic N) is 2. The Morgan fingerprint density at radius 1 is 1.21 bits per heavy atom. The minimum Gasteiger partial charge on any atom is -0.463 e. The van der Waals surface area contributed by atoms with Crippen molar-refractivity contribution in [2.24, 2.45) is 5.92 Å². The van der Waals surface area contributed by atoms with Crippen LogP contribution >= 0.6 is 11.3 Å². The van der Waals surface area contributed by atoms with Crippen LogP contribution in [0.25, 0.3) is 22.4 Å². The van der Waals surface area contributed by atoms with Crippen LogP contribution in [-0.2, 0) is 4.79 Å². The SMILES string of the molecule is O=C(Nc1nc(-c2ccco2)cs1)C1CN(C(=O)c2c[nH]c3ccccc23)C1. The van der Waals surface area contributed by atoms with Crippen molar-refractivity contribution < 1.29 is 14.0 Å². The first-order valence-electron chi connectivity index (χ1n) is 8.85. The molecule has 3 aromatic heterocycles. The molecule has 0 radical (unpaired) electrons. The fourth-order valence-electron chi connectivity index (χ4n) is 3.31. The number of rotatable bonds is 4. The van der Waals surface area contributed by atoms with Gasteiger partial charge in [0.05, 0.1) is 17.7 Å². The van der Waals surface area contributed by atoms with Gasteiger partial charge in [-0.1, -0.05) is 18.2 Å². The molecule has 0 bridgehead atoms. The van der Waals surface area contributed by atoms with Gasteiger partial charge in [0, 0.05) is 35.6 Å². The quantitative estimate of drug-likeness (QED) is 0.555. The number of likely N-dealkylation sites (tertiary alicyclic amines) is 1. The fraction of sp³-hybridized carbons (Fsp3) is 0.150. The Morgan fingerprint density at radius 3 is 2.89 bits per heavy atom. The van der Waals surface area contributed by atoms with Crippen LogP contribution in [0.15, 0.2) is 58.7 Å². The van der Waals surface area contributed by atoms with Crippen LogP contribution in [0.5, 0.6) is 0 Å². The number of fused-ring (bicyclic) bond motifs is 1. The van der Waals surface area contributed by atoms with E-state index in [0.717, 1.165) is 10.9 Å². The van der Waals surface area contributed by atoms with Gasteiger partial charge in [0.25, 0.3) is 5.91 Å². The lowest BCUT2D eigenvalue weighted by Crippen LogP contribution is -2.54. The molecule has 140 valence electrons. The number of hydrogen-bond donors (Lipinski definition) is 2. The summed E-state index contributed by atoms with van der Waals surface area (Å²) in [6.45, 7) is 0.807. The van der Waals surface area contributed by atoms with Crippen LogP contribution < -0.4 is 5.32 Å². The summed E-state index contributed by atoms with van der Waals surface area (Å²) in [5, 5.41) is 6.09. The van der Waals surface area contributed by atoms with Gasteiger partial charge >= 0.3 is 0 Å². The standard InChI is InChI=1S/C20H16N4O3S/c25-18(23-20-22-16(11-28-20)17-6-3-7-27-17)12-9-24(10-12)19(26)14-8-21-15-5-2-1-4-13(14)15/h1-8,11-12,21H,9-10H2,(H,22,23,25). The zero-order valence-corrected chi connectivity index (χ0v) is 15.5. The molecule has 0 spiro atoms. The number of nitrogens with one attached hydrogen (secondary N) is 2. The zero-order valence-electron chi connectivity index (χ0n) is 14.7. The van der Waals surface area contributed by atoms with E-state index in [1.54, 1.807) is 23.4 Å². The molecule has 1 aliphatic rings. The van der Waals surface area contributed by atoms with E-state index in [0.29, 0.717) is 35.2 Å². The summed E-state index contributed by atoms with van der Waals surface area (Å²) in [5.74, 6) is 0.250. The number of anilines is 1. The summed E-state index contributed by atoms with van der Waals surface area (Å²) in [5.41, 5.74) is 2.25. The Kier molecular flexibility index (Phi) is 3.98. The Hall–Kier alpha value is -3.39. The Balaban J connectivity index is 1.21. The average molecular weight is 392 g/mol. The number of para-hydroxylation sites is 1. The highest BCUT2D eigenvalue weighted by molar-refractivity contribution is 7.14. The van der Waals surface area contributed by atoms with E-state index in [-0.39, 0.29) is 17.7 Å². The first-order valence-corrected chi connectivity index (χ1v) is 9.72. The smallest absolute Gasteiger partial charge is 0.256 e. The van der Waals surface area contributed by atoms with E-state index in [1.807, 2.05) is 35.7 Å². The molecule has 0 saturated carbocycles. The first-order chi connectivity index (χ1) is 13.7. The molecule has 7 nitrogen and oxygen atoms in total. The summed E-state index contributed by atoms with van der Waals surface area (Å²) < 4.78 is 5.31. The monoisotopic (exact) mass is 392 g/mol. The maximum absolute atomic E-state index is 12.7. The second-order valence-electron chi connectivity index (χ2n) is 6.66. The van der Waals surface area contributed by atoms with Gasteiger partial charge < -0.3 is 19.6 Å². The second-order valence-corrected chi connectivity index (χ2v) is 7.52. The molecule has 0 unspecified atom stereocenters. The van der Waals surface area contributed by atoms with Crippen LogP contribution in [0.1, 0.15) is 10.4 Å². The van der Waals surface area contributed by atoms with E-state index < -0.39 is 0 Å². The summed E-state index contributed by atoms with van der Waals surface area (Å²) in [4.78, 5) is 34.3. The predicted octanol–water partition coefficient (Wildman–Crippen LogP) is 3.60. The number of carbonyl (C=O) groups excluding carboxylic acids is 2. The average Bonchev–Trinajstić information content (AvgIpc) is 3.40. The molecule has 4 heterocycles. The van der Waals surface area contributed by atoms with Crippen molar-refractivity contribution in [1.82, 2.24) is 14.9 Å². The molecule has 2 N–H and O–H groups in total. The maximum Gasteiger partial charge on any atom is 0.256 e. The topological polar surface area (TPSA) is 91.2 Å². The molecule has 0 atom stereocenters. The number of carbonyl (C=O) groups is 2. The van der Waals surface area contributed by atoms with Crippen LogP contribution in [0.4, 0.5) is 5.13 Å². The number of thiazole rings is 1. The van der Waals surface area contributed by atoms with Gasteiger partial charge in [-0.05, 0) is 18.2 Å². The van der Waals surface area contributed by atoms with Gasteiger partial charge in [-0.15, -0.1) is 11.3 Å². The van der Waals surface area contributed by atoms with E-state index in [1.165, 1.54) is 11.3 Å². The summed E-state index contributed by atoms with van der Waals surface area (Å²) in [6.07, 6.45) is 3.31. The van der Waals surface area contributed by atoms with Crippen LogP contribution in [0, 0.1) is 5.92 Å². The van der Waals surface area contributed by atoms with Crippen molar-refractivity contribution in [3.8, 4) is 11.5 Å². The molecule has 1 fully saturated rings. The van der Waals surface area contributed by atoms with E-state index in [2.05, 4.69) is 15.3 Å². The number of benzene rings is 1. The molecule has 0 aliphatic carbocycles. The Morgan fingerprint density at radius 2 is 2.07 bits per heavy atom. The van der Waals surface area contributed by atoms with Crippen molar-refractivity contribution in [1.29, 1.82) is 0 Å². The summed E-state index contributed by atoms with van der Waals surface area (Å²) in [7, 11) is 0. The van der Waals surface area contributed by atoms with Gasteiger partial charge in [0.1, 0.15) is 5.69 Å². The first kappa shape index (κ1) is 16.8. The van der Waals surface area contributed by atoms with Crippen molar-refractivity contribution >= 4 is 39.2 Å². The Labute approximate surface area is 164 Å². The van der Waals surface area contributed by atoms with Crippen molar-refractivity contribution in [2.45, 2.75) is 0 Å². The summed E-state index contributed by atoms with van der Waals surface area (Å²) >= 11 is 1.35. The molecule has 5 rings (SSSR count). The van der Waals surface area contributed by atoms with Crippen molar-refractivity contribution in [2.75, 3.05) is 18.4 Å². The number of H-pyrrole nitrogens is 1. The minimum absolute atomic E-state index is 0.0594.